The lowest BCUT2D eigenvalue weighted by Gasteiger charge is -2.15. The first-order chi connectivity index (χ1) is 16.7. The van der Waals surface area contributed by atoms with Crippen LogP contribution in [0.3, 0.4) is 0 Å². The lowest BCUT2D eigenvalue weighted by molar-refractivity contribution is 0.0951. The van der Waals surface area contributed by atoms with Gasteiger partial charge in [-0.25, -0.2) is 4.79 Å². The minimum Gasteiger partial charge on any atom is -0.348 e. The van der Waals surface area contributed by atoms with Gasteiger partial charge < -0.3 is 10.6 Å². The van der Waals surface area contributed by atoms with Crippen LogP contribution in [0.25, 0.3) is 11.1 Å². The molecule has 2 heterocycles. The molecule has 0 saturated carbocycles. The molecule has 0 spiro atoms. The van der Waals surface area contributed by atoms with Crippen molar-refractivity contribution in [3.8, 4) is 11.1 Å². The standard InChI is InChI=1S/C27H25N5O2/c33-26(22-6-3-7-24(17-22)32-16-14-28-27(32)34)29-18-23-5-1-2-8-25(23)21-11-9-20(10-12-21)19-31-15-4-13-30-31/h1-13,15,17H,14,16,18-19H2,(H,28,34)(H,29,33). The van der Waals surface area contributed by atoms with E-state index in [2.05, 4.69) is 46.1 Å². The molecule has 4 aromatic rings. The zero-order chi connectivity index (χ0) is 23.3. The molecule has 1 aromatic heterocycles. The number of aromatic nitrogens is 2. The van der Waals surface area contributed by atoms with Crippen molar-refractivity contribution in [2.75, 3.05) is 18.0 Å². The predicted molar refractivity (Wildman–Crippen MR) is 132 cm³/mol. The maximum absolute atomic E-state index is 12.9. The van der Waals surface area contributed by atoms with Gasteiger partial charge in [-0.3, -0.25) is 14.4 Å². The second kappa shape index (κ2) is 9.62. The summed E-state index contributed by atoms with van der Waals surface area (Å²) in [5.41, 5.74) is 5.62. The van der Waals surface area contributed by atoms with Gasteiger partial charge in [-0.2, -0.15) is 5.10 Å². The number of nitrogens with zero attached hydrogens (tertiary/aromatic N) is 3. The van der Waals surface area contributed by atoms with Crippen molar-refractivity contribution < 1.29 is 9.59 Å². The van der Waals surface area contributed by atoms with E-state index in [9.17, 15) is 9.59 Å². The van der Waals surface area contributed by atoms with Crippen molar-refractivity contribution in [3.05, 3.63) is 108 Å². The highest BCUT2D eigenvalue weighted by Gasteiger charge is 2.21. The molecule has 1 aliphatic heterocycles. The van der Waals surface area contributed by atoms with Crippen LogP contribution in [0.2, 0.25) is 0 Å². The Balaban J connectivity index is 1.28. The number of amides is 3. The van der Waals surface area contributed by atoms with Crippen LogP contribution < -0.4 is 15.5 Å². The molecule has 34 heavy (non-hydrogen) atoms. The number of hydrogen-bond donors (Lipinski definition) is 2. The van der Waals surface area contributed by atoms with Crippen molar-refractivity contribution in [3.63, 3.8) is 0 Å². The lowest BCUT2D eigenvalue weighted by Crippen LogP contribution is -2.28. The molecule has 1 fully saturated rings. The third kappa shape index (κ3) is 4.68. The van der Waals surface area contributed by atoms with Gasteiger partial charge >= 0.3 is 6.03 Å². The van der Waals surface area contributed by atoms with Gasteiger partial charge in [0, 0.05) is 43.3 Å². The fraction of sp³-hybridized carbons (Fsp3) is 0.148. The van der Waals surface area contributed by atoms with E-state index in [1.165, 1.54) is 5.56 Å². The van der Waals surface area contributed by atoms with Gasteiger partial charge in [0.25, 0.3) is 5.91 Å². The van der Waals surface area contributed by atoms with Gasteiger partial charge in [0.15, 0.2) is 0 Å². The topological polar surface area (TPSA) is 79.3 Å². The van der Waals surface area contributed by atoms with E-state index in [1.807, 2.05) is 41.2 Å². The molecule has 0 bridgehead atoms. The Hall–Kier alpha value is -4.39. The molecule has 5 rings (SSSR count). The normalized spacial score (nSPS) is 13.1. The first kappa shape index (κ1) is 21.5. The summed E-state index contributed by atoms with van der Waals surface area (Å²) in [4.78, 5) is 26.5. The number of nitrogens with one attached hydrogen (secondary N) is 2. The predicted octanol–water partition coefficient (Wildman–Crippen LogP) is 4.06. The zero-order valence-corrected chi connectivity index (χ0v) is 18.6. The maximum atomic E-state index is 12.9. The van der Waals surface area contributed by atoms with E-state index in [4.69, 9.17) is 0 Å². The Kier molecular flexibility index (Phi) is 6.07. The van der Waals surface area contributed by atoms with E-state index >= 15 is 0 Å². The van der Waals surface area contributed by atoms with E-state index in [-0.39, 0.29) is 11.9 Å². The molecule has 1 saturated heterocycles. The third-order valence-corrected chi connectivity index (χ3v) is 5.90. The van der Waals surface area contributed by atoms with Crippen LogP contribution >= 0.6 is 0 Å². The number of urea groups is 1. The summed E-state index contributed by atoms with van der Waals surface area (Å²) < 4.78 is 1.89. The van der Waals surface area contributed by atoms with Crippen LogP contribution in [0, 0.1) is 0 Å². The summed E-state index contributed by atoms with van der Waals surface area (Å²) in [5.74, 6) is -0.175. The fourth-order valence-corrected chi connectivity index (χ4v) is 4.14. The van der Waals surface area contributed by atoms with Gasteiger partial charge in [0.2, 0.25) is 0 Å². The Bertz CT molecular complexity index is 1300. The molecule has 0 atom stereocenters. The van der Waals surface area contributed by atoms with Crippen LogP contribution in [0.1, 0.15) is 21.5 Å². The molecule has 3 amide bonds. The fourth-order valence-electron chi connectivity index (χ4n) is 4.14. The van der Waals surface area contributed by atoms with E-state index < -0.39 is 0 Å². The second-order valence-corrected chi connectivity index (χ2v) is 8.17. The molecular formula is C27H25N5O2. The van der Waals surface area contributed by atoms with Crippen molar-refractivity contribution in [2.45, 2.75) is 13.1 Å². The highest BCUT2D eigenvalue weighted by molar-refractivity contribution is 5.98. The van der Waals surface area contributed by atoms with E-state index in [0.717, 1.165) is 28.9 Å². The Morgan fingerprint density at radius 1 is 1.00 bits per heavy atom. The molecule has 0 radical (unpaired) electrons. The quantitative estimate of drug-likeness (QED) is 0.445. The molecular weight excluding hydrogens is 426 g/mol. The van der Waals surface area contributed by atoms with Crippen LogP contribution in [-0.2, 0) is 13.1 Å². The summed E-state index contributed by atoms with van der Waals surface area (Å²) >= 11 is 0. The molecule has 1 aliphatic rings. The van der Waals surface area contributed by atoms with Crippen LogP contribution in [0.4, 0.5) is 10.5 Å². The summed E-state index contributed by atoms with van der Waals surface area (Å²) in [6, 6.07) is 25.4. The van der Waals surface area contributed by atoms with Crippen LogP contribution in [0.15, 0.2) is 91.3 Å². The van der Waals surface area contributed by atoms with Gasteiger partial charge in [-0.1, -0.05) is 54.6 Å². The van der Waals surface area contributed by atoms with Crippen molar-refractivity contribution >= 4 is 17.6 Å². The molecule has 170 valence electrons. The molecule has 2 N–H and O–H groups in total. The smallest absolute Gasteiger partial charge is 0.321 e. The Labute approximate surface area is 198 Å². The van der Waals surface area contributed by atoms with Crippen LogP contribution in [0.5, 0.6) is 0 Å². The van der Waals surface area contributed by atoms with Crippen molar-refractivity contribution in [2.24, 2.45) is 0 Å². The van der Waals surface area contributed by atoms with Gasteiger partial charge in [-0.05, 0) is 46.5 Å². The number of rotatable bonds is 7. The summed E-state index contributed by atoms with van der Waals surface area (Å²) in [6.45, 7) is 2.33. The Morgan fingerprint density at radius 3 is 2.62 bits per heavy atom. The first-order valence-electron chi connectivity index (χ1n) is 11.3. The summed E-state index contributed by atoms with van der Waals surface area (Å²) in [5, 5.41) is 10.1. The number of benzene rings is 3. The number of anilines is 1. The molecule has 0 aliphatic carbocycles. The largest absolute Gasteiger partial charge is 0.348 e. The minimum atomic E-state index is -0.175. The average Bonchev–Trinajstić information content (AvgIpc) is 3.55. The highest BCUT2D eigenvalue weighted by atomic mass is 16.2. The van der Waals surface area contributed by atoms with Crippen LogP contribution in [-0.4, -0.2) is 34.8 Å². The second-order valence-electron chi connectivity index (χ2n) is 8.17. The highest BCUT2D eigenvalue weighted by Crippen LogP contribution is 2.25. The van der Waals surface area contributed by atoms with Crippen molar-refractivity contribution in [1.82, 2.24) is 20.4 Å². The van der Waals surface area contributed by atoms with E-state index in [1.54, 1.807) is 29.3 Å². The van der Waals surface area contributed by atoms with Gasteiger partial charge in [0.1, 0.15) is 0 Å². The molecule has 3 aromatic carbocycles. The lowest BCUT2D eigenvalue weighted by atomic mass is 9.98. The summed E-state index contributed by atoms with van der Waals surface area (Å²) in [6.07, 6.45) is 3.72. The first-order valence-corrected chi connectivity index (χ1v) is 11.3. The third-order valence-electron chi connectivity index (χ3n) is 5.90. The maximum Gasteiger partial charge on any atom is 0.321 e. The number of carbonyl (C=O) groups excluding carboxylic acids is 2. The Morgan fingerprint density at radius 2 is 1.85 bits per heavy atom. The summed E-state index contributed by atoms with van der Waals surface area (Å²) in [7, 11) is 0. The monoisotopic (exact) mass is 451 g/mol. The van der Waals surface area contributed by atoms with Crippen molar-refractivity contribution in [1.29, 1.82) is 0 Å². The van der Waals surface area contributed by atoms with Gasteiger partial charge in [-0.15, -0.1) is 0 Å². The molecule has 7 nitrogen and oxygen atoms in total. The molecule has 0 unspecified atom stereocenters. The minimum absolute atomic E-state index is 0.137. The zero-order valence-electron chi connectivity index (χ0n) is 18.6. The number of hydrogen-bond acceptors (Lipinski definition) is 3. The molecule has 7 heteroatoms. The SMILES string of the molecule is O=C(NCc1ccccc1-c1ccc(Cn2cccn2)cc1)c1cccc(N2CCNC2=O)c1. The van der Waals surface area contributed by atoms with Gasteiger partial charge in [0.05, 0.1) is 6.54 Å². The van der Waals surface area contributed by atoms with E-state index in [0.29, 0.717) is 25.2 Å². The number of carbonyl (C=O) groups is 2. The average molecular weight is 452 g/mol.